The van der Waals surface area contributed by atoms with E-state index in [2.05, 4.69) is 0 Å². The highest BCUT2D eigenvalue weighted by Crippen LogP contribution is 2.29. The summed E-state index contributed by atoms with van der Waals surface area (Å²) in [7, 11) is -0.534. The van der Waals surface area contributed by atoms with Gasteiger partial charge in [-0.3, -0.25) is 0 Å². The Kier molecular flexibility index (Phi) is 4.75. The van der Waals surface area contributed by atoms with Gasteiger partial charge in [-0.2, -0.15) is 0 Å². The minimum Gasteiger partial charge on any atom is -0.487 e. The molecule has 0 aliphatic rings. The molecule has 0 saturated heterocycles. The number of para-hydroxylation sites is 1. The van der Waals surface area contributed by atoms with Gasteiger partial charge in [0.1, 0.15) is 0 Å². The molecule has 0 spiro atoms. The van der Waals surface area contributed by atoms with Crippen LogP contribution in [0.15, 0.2) is 18.2 Å². The molecule has 16 heavy (non-hydrogen) atoms. The Bertz CT molecular complexity index is 361. The van der Waals surface area contributed by atoms with E-state index in [-0.39, 0.29) is 12.2 Å². The molecule has 0 N–H and O–H groups in total. The van der Waals surface area contributed by atoms with Crippen LogP contribution in [0.5, 0.6) is 11.5 Å². The van der Waals surface area contributed by atoms with Crippen LogP contribution in [0.3, 0.4) is 0 Å². The van der Waals surface area contributed by atoms with Crippen LogP contribution < -0.4 is 14.8 Å². The number of benzene rings is 1. The molecule has 0 radical (unpaired) electrons. The summed E-state index contributed by atoms with van der Waals surface area (Å²) in [5, 5.41) is 0.673. The molecule has 3 nitrogen and oxygen atoms in total. The first-order valence-electron chi connectivity index (χ1n) is 5.39. The average molecular weight is 241 g/mol. The summed E-state index contributed by atoms with van der Waals surface area (Å²) in [5.74, 6) is 1.25. The van der Waals surface area contributed by atoms with Crippen molar-refractivity contribution >= 4 is 13.8 Å². The maximum Gasteiger partial charge on any atom is 0.367 e. The van der Waals surface area contributed by atoms with Crippen LogP contribution in [-0.4, -0.2) is 12.2 Å². The average Bonchev–Trinajstić information content (AvgIpc) is 2.19. The Labute approximate surface area is 98.0 Å². The molecular formula is C12H18O3P+. The second-order valence-electron chi connectivity index (χ2n) is 4.07. The molecule has 0 saturated carbocycles. The van der Waals surface area contributed by atoms with Crippen LogP contribution in [0.1, 0.15) is 27.7 Å². The van der Waals surface area contributed by atoms with Crippen molar-refractivity contribution in [3.63, 3.8) is 0 Å². The Morgan fingerprint density at radius 1 is 1.06 bits per heavy atom. The zero-order valence-electron chi connectivity index (χ0n) is 10.1. The molecule has 0 aromatic heterocycles. The number of hydrogen-bond donors (Lipinski definition) is 0. The van der Waals surface area contributed by atoms with Crippen molar-refractivity contribution in [2.45, 2.75) is 39.9 Å². The summed E-state index contributed by atoms with van der Waals surface area (Å²) in [6.07, 6.45) is 0.103. The molecule has 0 aliphatic carbocycles. The lowest BCUT2D eigenvalue weighted by molar-refractivity contribution is 0.200. The Morgan fingerprint density at radius 2 is 1.69 bits per heavy atom. The molecular weight excluding hydrogens is 223 g/mol. The van der Waals surface area contributed by atoms with Gasteiger partial charge in [-0.1, -0.05) is 10.6 Å². The van der Waals surface area contributed by atoms with Gasteiger partial charge in [0.05, 0.1) is 12.2 Å². The Morgan fingerprint density at radius 3 is 2.19 bits per heavy atom. The normalized spacial score (nSPS) is 11.1. The first-order valence-corrected chi connectivity index (χ1v) is 6.30. The number of rotatable bonds is 5. The highest BCUT2D eigenvalue weighted by molar-refractivity contribution is 7.34. The fraction of sp³-hybridized carbons (Fsp3) is 0.500. The van der Waals surface area contributed by atoms with Crippen LogP contribution in [-0.2, 0) is 4.57 Å². The highest BCUT2D eigenvalue weighted by atomic mass is 31.1. The van der Waals surface area contributed by atoms with Crippen molar-refractivity contribution < 1.29 is 14.0 Å². The first-order chi connectivity index (χ1) is 7.54. The smallest absolute Gasteiger partial charge is 0.367 e. The number of ether oxygens (including phenoxy) is 2. The van der Waals surface area contributed by atoms with Gasteiger partial charge in [-0.25, -0.2) is 0 Å². The second kappa shape index (κ2) is 5.86. The fourth-order valence-electron chi connectivity index (χ4n) is 1.30. The van der Waals surface area contributed by atoms with Crippen molar-refractivity contribution in [2.75, 3.05) is 0 Å². The lowest BCUT2D eigenvalue weighted by Gasteiger charge is -2.16. The van der Waals surface area contributed by atoms with Crippen LogP contribution >= 0.6 is 8.46 Å². The lowest BCUT2D eigenvalue weighted by Crippen LogP contribution is -2.14. The van der Waals surface area contributed by atoms with E-state index in [1.807, 2.05) is 39.8 Å². The highest BCUT2D eigenvalue weighted by Gasteiger charge is 2.18. The van der Waals surface area contributed by atoms with Crippen LogP contribution in [0.2, 0.25) is 0 Å². The van der Waals surface area contributed by atoms with E-state index in [4.69, 9.17) is 9.47 Å². The van der Waals surface area contributed by atoms with Crippen molar-refractivity contribution in [2.24, 2.45) is 0 Å². The van der Waals surface area contributed by atoms with Gasteiger partial charge in [0.25, 0.3) is 0 Å². The topological polar surface area (TPSA) is 35.5 Å². The van der Waals surface area contributed by atoms with Crippen LogP contribution in [0.4, 0.5) is 0 Å². The zero-order chi connectivity index (χ0) is 12.1. The molecule has 0 amide bonds. The molecule has 4 heteroatoms. The molecule has 0 heterocycles. The summed E-state index contributed by atoms with van der Waals surface area (Å²) < 4.78 is 22.3. The third-order valence-corrected chi connectivity index (χ3v) is 2.42. The maximum atomic E-state index is 11.1. The fourth-order valence-corrected chi connectivity index (χ4v) is 1.74. The standard InChI is InChI=1S/C12H17O3P/c1-8(2)14-10-6-5-7-11(16-13)12(10)15-9(3)4/h5-9H,1-4H3/p+1. The van der Waals surface area contributed by atoms with Crippen molar-refractivity contribution in [3.05, 3.63) is 18.2 Å². The van der Waals surface area contributed by atoms with Gasteiger partial charge in [0, 0.05) is 0 Å². The van der Waals surface area contributed by atoms with Crippen molar-refractivity contribution in [1.82, 2.24) is 0 Å². The quantitative estimate of drug-likeness (QED) is 0.743. The van der Waals surface area contributed by atoms with E-state index in [1.54, 1.807) is 6.07 Å². The first kappa shape index (κ1) is 13.0. The molecule has 1 unspecified atom stereocenters. The molecule has 1 rings (SSSR count). The van der Waals surface area contributed by atoms with Crippen LogP contribution in [0.25, 0.3) is 0 Å². The molecule has 1 aromatic rings. The molecule has 0 fully saturated rings. The van der Waals surface area contributed by atoms with Gasteiger partial charge < -0.3 is 9.47 Å². The van der Waals surface area contributed by atoms with E-state index in [0.717, 1.165) is 0 Å². The van der Waals surface area contributed by atoms with E-state index in [0.29, 0.717) is 16.8 Å². The van der Waals surface area contributed by atoms with Crippen molar-refractivity contribution in [1.29, 1.82) is 0 Å². The van der Waals surface area contributed by atoms with E-state index in [9.17, 15) is 4.57 Å². The molecule has 1 atom stereocenters. The predicted octanol–water partition coefficient (Wildman–Crippen LogP) is 2.91. The van der Waals surface area contributed by atoms with Gasteiger partial charge in [0.2, 0.25) is 11.1 Å². The molecule has 88 valence electrons. The van der Waals surface area contributed by atoms with E-state index in [1.165, 1.54) is 0 Å². The largest absolute Gasteiger partial charge is 0.487 e. The second-order valence-corrected chi connectivity index (χ2v) is 4.81. The zero-order valence-corrected chi connectivity index (χ0v) is 11.1. The SMILES string of the molecule is CC(C)Oc1cccc([PH+]=O)c1OC(C)C. The maximum absolute atomic E-state index is 11.1. The van der Waals surface area contributed by atoms with Gasteiger partial charge >= 0.3 is 8.46 Å². The van der Waals surface area contributed by atoms with Gasteiger partial charge in [-0.15, -0.1) is 0 Å². The van der Waals surface area contributed by atoms with Gasteiger partial charge in [-0.05, 0) is 39.8 Å². The summed E-state index contributed by atoms with van der Waals surface area (Å²) in [6.45, 7) is 7.77. The van der Waals surface area contributed by atoms with E-state index >= 15 is 0 Å². The summed E-state index contributed by atoms with van der Waals surface area (Å²) in [4.78, 5) is 0. The van der Waals surface area contributed by atoms with Gasteiger partial charge in [0.15, 0.2) is 5.75 Å². The monoisotopic (exact) mass is 241 g/mol. The Hall–Kier alpha value is -1.08. The predicted molar refractivity (Wildman–Crippen MR) is 66.6 cm³/mol. The molecule has 0 bridgehead atoms. The third kappa shape index (κ3) is 3.49. The minimum absolute atomic E-state index is 0.0343. The summed E-state index contributed by atoms with van der Waals surface area (Å²) in [5.41, 5.74) is 0. The minimum atomic E-state index is -0.534. The number of hydrogen-bond acceptors (Lipinski definition) is 3. The van der Waals surface area contributed by atoms with E-state index < -0.39 is 8.46 Å². The van der Waals surface area contributed by atoms with Crippen molar-refractivity contribution in [3.8, 4) is 11.5 Å². The molecule has 0 aliphatic heterocycles. The Balaban J connectivity index is 3.09. The molecule has 1 aromatic carbocycles. The summed E-state index contributed by atoms with van der Waals surface area (Å²) in [6, 6.07) is 5.45. The van der Waals surface area contributed by atoms with Crippen LogP contribution in [0, 0.1) is 0 Å². The third-order valence-electron chi connectivity index (χ3n) is 1.81. The summed E-state index contributed by atoms with van der Waals surface area (Å²) >= 11 is 0. The lowest BCUT2D eigenvalue weighted by atomic mass is 10.3.